The number of amides is 1. The van der Waals surface area contributed by atoms with Crippen molar-refractivity contribution in [3.63, 3.8) is 0 Å². The van der Waals surface area contributed by atoms with Crippen LogP contribution in [0.3, 0.4) is 0 Å². The van der Waals surface area contributed by atoms with E-state index in [1.54, 1.807) is 27.7 Å². The summed E-state index contributed by atoms with van der Waals surface area (Å²) in [6.45, 7) is 6.68. The molecule has 1 aromatic heterocycles. The number of aliphatic hydroxyl groups is 2. The number of ether oxygens (including phenoxy) is 1. The highest BCUT2D eigenvalue weighted by atomic mass is 35.5. The fraction of sp³-hybridized carbons (Fsp3) is 0.667. The Balaban J connectivity index is 2.25. The molecule has 1 aromatic rings. The maximum Gasteiger partial charge on any atom is 0.372 e. The van der Waals surface area contributed by atoms with Crippen LogP contribution in [0.25, 0.3) is 0 Å². The van der Waals surface area contributed by atoms with Gasteiger partial charge in [0.05, 0.1) is 12.2 Å². The predicted octanol–water partition coefficient (Wildman–Crippen LogP) is 1.12. The number of nitrogens with two attached hydrogens (primary N) is 1. The Morgan fingerprint density at radius 2 is 1.89 bits per heavy atom. The van der Waals surface area contributed by atoms with E-state index >= 15 is 0 Å². The summed E-state index contributed by atoms with van der Waals surface area (Å²) in [6.07, 6.45) is -3.76. The van der Waals surface area contributed by atoms with Gasteiger partial charge in [-0.15, -0.1) is 5.10 Å². The van der Waals surface area contributed by atoms with Gasteiger partial charge >= 0.3 is 7.60 Å². The summed E-state index contributed by atoms with van der Waals surface area (Å²) in [5, 5.41) is 24.3. The number of aliphatic hydroxyl groups excluding tert-OH is 2. The quantitative estimate of drug-likeness (QED) is 0.505. The Labute approximate surface area is 167 Å². The number of carbonyl (C=O) groups excluding carboxylic acids is 1. The lowest BCUT2D eigenvalue weighted by molar-refractivity contribution is -0.0347. The van der Waals surface area contributed by atoms with Crippen LogP contribution in [0.5, 0.6) is 0 Å². The van der Waals surface area contributed by atoms with E-state index in [0.717, 1.165) is 17.1 Å². The van der Waals surface area contributed by atoms with Crippen LogP contribution in [0.2, 0.25) is 0 Å². The average Bonchev–Trinajstić information content (AvgIpc) is 3.14. The molecule has 0 bridgehead atoms. The molecule has 2 rings (SSSR count). The predicted molar refractivity (Wildman–Crippen MR) is 98.4 cm³/mol. The first-order valence-electron chi connectivity index (χ1n) is 8.52. The van der Waals surface area contributed by atoms with Crippen molar-refractivity contribution >= 4 is 25.1 Å². The summed E-state index contributed by atoms with van der Waals surface area (Å²) < 4.78 is 30.1. The molecule has 1 amide bonds. The number of carbonyl (C=O) groups is 1. The molecule has 158 valence electrons. The zero-order valence-electron chi connectivity index (χ0n) is 15.8. The van der Waals surface area contributed by atoms with E-state index in [4.69, 9.17) is 31.1 Å². The third-order valence-corrected chi connectivity index (χ3v) is 6.35. The van der Waals surface area contributed by atoms with Crippen LogP contribution in [0, 0.1) is 0 Å². The highest BCUT2D eigenvalue weighted by molar-refractivity contribution is 7.61. The summed E-state index contributed by atoms with van der Waals surface area (Å²) in [4.78, 5) is 14.8. The fourth-order valence-electron chi connectivity index (χ4n) is 2.46. The van der Waals surface area contributed by atoms with Crippen LogP contribution in [0.1, 0.15) is 44.5 Å². The maximum absolute atomic E-state index is 13.0. The Hall–Kier alpha value is -1.33. The van der Waals surface area contributed by atoms with Crippen LogP contribution in [-0.4, -0.2) is 61.4 Å². The van der Waals surface area contributed by atoms with Crippen molar-refractivity contribution in [1.82, 2.24) is 14.8 Å². The highest BCUT2D eigenvalue weighted by Crippen LogP contribution is 2.60. The molecule has 1 fully saturated rings. The molecule has 4 atom stereocenters. The molecule has 2 heterocycles. The summed E-state index contributed by atoms with van der Waals surface area (Å²) >= 11 is 6.19. The first kappa shape index (κ1) is 23.0. The Morgan fingerprint density at radius 1 is 1.32 bits per heavy atom. The molecule has 4 N–H and O–H groups in total. The smallest absolute Gasteiger partial charge is 0.372 e. The number of rotatable bonds is 8. The van der Waals surface area contributed by atoms with E-state index in [9.17, 15) is 19.6 Å². The van der Waals surface area contributed by atoms with Gasteiger partial charge in [-0.1, -0.05) is 11.6 Å². The van der Waals surface area contributed by atoms with Crippen LogP contribution < -0.4 is 5.73 Å². The van der Waals surface area contributed by atoms with Crippen molar-refractivity contribution in [1.29, 1.82) is 0 Å². The molecule has 13 heteroatoms. The largest absolute Gasteiger partial charge is 0.387 e. The Morgan fingerprint density at radius 3 is 2.36 bits per heavy atom. The van der Waals surface area contributed by atoms with Crippen LogP contribution in [0.4, 0.5) is 0 Å². The lowest BCUT2D eigenvalue weighted by Gasteiger charge is -2.23. The summed E-state index contributed by atoms with van der Waals surface area (Å²) in [5.41, 5.74) is 5.09. The van der Waals surface area contributed by atoms with Gasteiger partial charge in [-0.05, 0) is 33.8 Å². The summed E-state index contributed by atoms with van der Waals surface area (Å²) in [5.74, 6) is -1.13. The standard InChI is InChI=1S/C15H24ClN4O7P/c1-7(2)26-28(24,27-8(3)4)10(16)5-9-11(21)12(22)15(25-9)20-6-18-14(19-20)13(17)23/h5-9,11-12,15,21-22H,1-4H3,(H2,17,23)/b10-5+/t9-,11-,12-,15?/m1/s1. The lowest BCUT2D eigenvalue weighted by Crippen LogP contribution is -2.31. The summed E-state index contributed by atoms with van der Waals surface area (Å²) in [7, 11) is -3.86. The third kappa shape index (κ3) is 5.18. The van der Waals surface area contributed by atoms with E-state index < -0.39 is 50.3 Å². The molecular formula is C15H24ClN4O7P. The minimum absolute atomic E-state index is 0.275. The highest BCUT2D eigenvalue weighted by Gasteiger charge is 2.45. The van der Waals surface area contributed by atoms with Crippen molar-refractivity contribution in [3.05, 3.63) is 23.0 Å². The zero-order valence-corrected chi connectivity index (χ0v) is 17.4. The SMILES string of the molecule is CC(C)OP(=O)(OC(C)C)/C(Cl)=C/[C@H]1OC(n2cnc(C(N)=O)n2)[C@H](O)[C@@H]1O. The molecule has 0 saturated carbocycles. The lowest BCUT2D eigenvalue weighted by atomic mass is 10.1. The zero-order chi connectivity index (χ0) is 21.2. The molecule has 1 saturated heterocycles. The first-order chi connectivity index (χ1) is 12.9. The number of halogens is 1. The van der Waals surface area contributed by atoms with Gasteiger partial charge in [0.1, 0.15) is 29.4 Å². The molecule has 0 radical (unpaired) electrons. The molecule has 0 aliphatic carbocycles. The summed E-state index contributed by atoms with van der Waals surface area (Å²) in [6, 6.07) is 0. The van der Waals surface area contributed by atoms with E-state index in [1.807, 2.05) is 0 Å². The van der Waals surface area contributed by atoms with Gasteiger partial charge in [0.25, 0.3) is 5.91 Å². The van der Waals surface area contributed by atoms with E-state index in [1.165, 1.54) is 0 Å². The van der Waals surface area contributed by atoms with Gasteiger partial charge in [0.2, 0.25) is 5.82 Å². The minimum Gasteiger partial charge on any atom is -0.387 e. The van der Waals surface area contributed by atoms with Gasteiger partial charge in [-0.25, -0.2) is 9.67 Å². The molecule has 1 aliphatic rings. The van der Waals surface area contributed by atoms with Crippen LogP contribution in [-0.2, 0) is 18.3 Å². The second kappa shape index (κ2) is 9.00. The molecular weight excluding hydrogens is 415 g/mol. The number of aromatic nitrogens is 3. The number of hydrogen-bond donors (Lipinski definition) is 3. The van der Waals surface area contributed by atoms with Gasteiger partial charge in [-0.2, -0.15) is 0 Å². The molecule has 1 unspecified atom stereocenters. The third-order valence-electron chi connectivity index (χ3n) is 3.53. The molecule has 28 heavy (non-hydrogen) atoms. The Bertz CT molecular complexity index is 770. The fourth-order valence-corrected chi connectivity index (χ4v) is 4.51. The second-order valence-electron chi connectivity index (χ2n) is 6.68. The van der Waals surface area contributed by atoms with Crippen molar-refractivity contribution in [2.45, 2.75) is 64.4 Å². The number of primary amides is 1. The monoisotopic (exact) mass is 438 g/mol. The van der Waals surface area contributed by atoms with Crippen LogP contribution >= 0.6 is 19.2 Å². The Kier molecular flexibility index (Phi) is 7.38. The van der Waals surface area contributed by atoms with E-state index in [2.05, 4.69) is 10.1 Å². The van der Waals surface area contributed by atoms with Gasteiger partial charge in [0.15, 0.2) is 6.23 Å². The topological polar surface area (TPSA) is 159 Å². The molecule has 0 aromatic carbocycles. The van der Waals surface area contributed by atoms with E-state index in [-0.39, 0.29) is 10.6 Å². The van der Waals surface area contributed by atoms with Crippen molar-refractivity contribution in [2.75, 3.05) is 0 Å². The second-order valence-corrected chi connectivity index (χ2v) is 9.25. The maximum atomic E-state index is 13.0. The van der Waals surface area contributed by atoms with Gasteiger partial charge < -0.3 is 29.7 Å². The van der Waals surface area contributed by atoms with Crippen molar-refractivity contribution in [3.8, 4) is 0 Å². The van der Waals surface area contributed by atoms with E-state index in [0.29, 0.717) is 0 Å². The minimum atomic E-state index is -3.86. The number of hydrogen-bond acceptors (Lipinski definition) is 9. The molecule has 11 nitrogen and oxygen atoms in total. The van der Waals surface area contributed by atoms with Gasteiger partial charge in [-0.3, -0.25) is 9.36 Å². The van der Waals surface area contributed by atoms with Crippen molar-refractivity contribution in [2.24, 2.45) is 5.73 Å². The van der Waals surface area contributed by atoms with Crippen molar-refractivity contribution < 1.29 is 33.4 Å². The first-order valence-corrected chi connectivity index (χ1v) is 10.4. The average molecular weight is 439 g/mol. The van der Waals surface area contributed by atoms with Crippen LogP contribution in [0.15, 0.2) is 17.2 Å². The molecule has 1 aliphatic heterocycles. The van der Waals surface area contributed by atoms with Gasteiger partial charge in [0, 0.05) is 0 Å². The normalized spacial score (nSPS) is 26.4. The number of nitrogens with zero attached hydrogens (tertiary/aromatic N) is 3. The molecule has 0 spiro atoms.